The molecule has 1 unspecified atom stereocenters. The number of nitrogens with one attached hydrogen (secondary N) is 1. The van der Waals surface area contributed by atoms with Crippen LogP contribution in [-0.4, -0.2) is 25.1 Å². The maximum absolute atomic E-state index is 12.8. The molecule has 1 N–H and O–H groups in total. The normalized spacial score (nSPS) is 28.4. The Morgan fingerprint density at radius 1 is 1.04 bits per heavy atom. The third-order valence-corrected chi connectivity index (χ3v) is 5.53. The molecule has 2 aliphatic rings. The Morgan fingerprint density at radius 2 is 1.78 bits per heavy atom. The first kappa shape index (κ1) is 18.3. The van der Waals surface area contributed by atoms with Gasteiger partial charge in [0.2, 0.25) is 0 Å². The largest absolute Gasteiger partial charge is 0.573 e. The SMILES string of the molecule is FC(F)(F)Oc1ccccc1[C@H]1CO[C@@]2(CCCNC2c2ccccc2)C1. The van der Waals surface area contributed by atoms with Crippen LogP contribution in [0.5, 0.6) is 5.75 Å². The number of alkyl halides is 3. The second-order valence-corrected chi connectivity index (χ2v) is 7.26. The number of halogens is 3. The lowest BCUT2D eigenvalue weighted by Gasteiger charge is -2.41. The van der Waals surface area contributed by atoms with Gasteiger partial charge in [-0.1, -0.05) is 48.5 Å². The quantitative estimate of drug-likeness (QED) is 0.821. The fourth-order valence-corrected chi connectivity index (χ4v) is 4.44. The topological polar surface area (TPSA) is 30.5 Å². The van der Waals surface area contributed by atoms with Gasteiger partial charge in [0, 0.05) is 5.92 Å². The van der Waals surface area contributed by atoms with Gasteiger partial charge in [0.15, 0.2) is 0 Å². The smallest absolute Gasteiger partial charge is 0.405 e. The number of ether oxygens (including phenoxy) is 2. The highest BCUT2D eigenvalue weighted by atomic mass is 19.4. The summed E-state index contributed by atoms with van der Waals surface area (Å²) in [4.78, 5) is 0. The van der Waals surface area contributed by atoms with Crippen molar-refractivity contribution in [3.05, 3.63) is 65.7 Å². The molecule has 0 bridgehead atoms. The summed E-state index contributed by atoms with van der Waals surface area (Å²) < 4.78 is 48.9. The summed E-state index contributed by atoms with van der Waals surface area (Å²) in [7, 11) is 0. The standard InChI is InChI=1S/C21H22F3NO2/c22-21(23,24)27-18-10-5-4-9-17(18)16-13-20(26-14-16)11-6-12-25-19(20)15-7-2-1-3-8-15/h1-5,7-10,16,19,25H,6,11-14H2/t16-,19?,20+/m1/s1. The lowest BCUT2D eigenvalue weighted by Crippen LogP contribution is -2.48. The molecule has 6 heteroatoms. The minimum absolute atomic E-state index is 0.0353. The predicted octanol–water partition coefficient (Wildman–Crippen LogP) is 4.95. The van der Waals surface area contributed by atoms with E-state index >= 15 is 0 Å². The number of piperidine rings is 1. The Morgan fingerprint density at radius 3 is 2.56 bits per heavy atom. The fourth-order valence-electron chi connectivity index (χ4n) is 4.44. The van der Waals surface area contributed by atoms with Crippen molar-refractivity contribution in [2.45, 2.75) is 43.2 Å². The summed E-state index contributed by atoms with van der Waals surface area (Å²) in [6.45, 7) is 1.30. The lowest BCUT2D eigenvalue weighted by atomic mass is 9.77. The van der Waals surface area contributed by atoms with Gasteiger partial charge in [0.05, 0.1) is 18.2 Å². The zero-order chi connectivity index (χ0) is 18.9. The van der Waals surface area contributed by atoms with Crippen molar-refractivity contribution in [1.29, 1.82) is 0 Å². The number of hydrogen-bond donors (Lipinski definition) is 1. The first-order valence-corrected chi connectivity index (χ1v) is 9.24. The monoisotopic (exact) mass is 377 g/mol. The van der Waals surface area contributed by atoms with Crippen molar-refractivity contribution < 1.29 is 22.6 Å². The van der Waals surface area contributed by atoms with Crippen LogP contribution in [0, 0.1) is 0 Å². The number of hydrogen-bond acceptors (Lipinski definition) is 3. The molecule has 1 spiro atoms. The molecule has 2 aliphatic heterocycles. The van der Waals surface area contributed by atoms with Gasteiger partial charge in [-0.2, -0.15) is 0 Å². The minimum atomic E-state index is -4.70. The Hall–Kier alpha value is -2.05. The van der Waals surface area contributed by atoms with Gasteiger partial charge in [-0.3, -0.25) is 0 Å². The van der Waals surface area contributed by atoms with Crippen LogP contribution in [0.3, 0.4) is 0 Å². The third kappa shape index (κ3) is 3.82. The van der Waals surface area contributed by atoms with Gasteiger partial charge in [-0.15, -0.1) is 13.2 Å². The van der Waals surface area contributed by atoms with E-state index in [9.17, 15) is 13.2 Å². The van der Waals surface area contributed by atoms with Gasteiger partial charge in [0.1, 0.15) is 5.75 Å². The number of para-hydroxylation sites is 1. The summed E-state index contributed by atoms with van der Waals surface area (Å²) in [5.41, 5.74) is 1.30. The Bertz CT molecular complexity index is 780. The molecule has 144 valence electrons. The first-order valence-electron chi connectivity index (χ1n) is 9.24. The number of benzene rings is 2. The highest BCUT2D eigenvalue weighted by Crippen LogP contribution is 2.49. The zero-order valence-electron chi connectivity index (χ0n) is 14.8. The van der Waals surface area contributed by atoms with Gasteiger partial charge in [-0.25, -0.2) is 0 Å². The highest BCUT2D eigenvalue weighted by molar-refractivity contribution is 5.38. The van der Waals surface area contributed by atoms with Gasteiger partial charge < -0.3 is 14.8 Å². The van der Waals surface area contributed by atoms with Crippen LogP contribution in [0.15, 0.2) is 54.6 Å². The maximum atomic E-state index is 12.8. The van der Waals surface area contributed by atoms with Crippen LogP contribution in [0.25, 0.3) is 0 Å². The van der Waals surface area contributed by atoms with Crippen LogP contribution in [0.1, 0.15) is 42.3 Å². The van der Waals surface area contributed by atoms with E-state index in [2.05, 4.69) is 22.2 Å². The fraction of sp³-hybridized carbons (Fsp3) is 0.429. The molecule has 2 aromatic carbocycles. The average molecular weight is 377 g/mol. The van der Waals surface area contributed by atoms with E-state index in [1.165, 1.54) is 6.07 Å². The Balaban J connectivity index is 1.61. The summed E-state index contributed by atoms with van der Waals surface area (Å²) in [5.74, 6) is -0.259. The molecule has 0 amide bonds. The van der Waals surface area contributed by atoms with Crippen molar-refractivity contribution in [3.63, 3.8) is 0 Å². The molecule has 4 rings (SSSR count). The van der Waals surface area contributed by atoms with E-state index in [0.717, 1.165) is 24.9 Å². The molecular weight excluding hydrogens is 355 g/mol. The van der Waals surface area contributed by atoms with Crippen LogP contribution in [0.4, 0.5) is 13.2 Å². The van der Waals surface area contributed by atoms with E-state index in [4.69, 9.17) is 4.74 Å². The summed E-state index contributed by atoms with van der Waals surface area (Å²) >= 11 is 0. The van der Waals surface area contributed by atoms with Crippen molar-refractivity contribution in [2.75, 3.05) is 13.2 Å². The minimum Gasteiger partial charge on any atom is -0.405 e. The molecule has 3 atom stereocenters. The van der Waals surface area contributed by atoms with Crippen LogP contribution in [-0.2, 0) is 4.74 Å². The van der Waals surface area contributed by atoms with Gasteiger partial charge in [-0.05, 0) is 43.0 Å². The van der Waals surface area contributed by atoms with Crippen molar-refractivity contribution in [3.8, 4) is 5.75 Å². The molecule has 2 fully saturated rings. The molecule has 3 nitrogen and oxygen atoms in total. The van der Waals surface area contributed by atoms with Crippen LogP contribution in [0.2, 0.25) is 0 Å². The van der Waals surface area contributed by atoms with Crippen molar-refractivity contribution in [1.82, 2.24) is 5.32 Å². The lowest BCUT2D eigenvalue weighted by molar-refractivity contribution is -0.275. The highest BCUT2D eigenvalue weighted by Gasteiger charge is 2.49. The summed E-state index contributed by atoms with van der Waals surface area (Å²) in [5, 5.41) is 3.56. The van der Waals surface area contributed by atoms with Crippen molar-refractivity contribution in [2.24, 2.45) is 0 Å². The van der Waals surface area contributed by atoms with Gasteiger partial charge >= 0.3 is 6.36 Å². The maximum Gasteiger partial charge on any atom is 0.573 e. The Labute approximate surface area is 156 Å². The molecule has 2 heterocycles. The molecule has 0 aromatic heterocycles. The summed E-state index contributed by atoms with van der Waals surface area (Å²) in [6.07, 6.45) is -2.17. The number of rotatable bonds is 3. The summed E-state index contributed by atoms with van der Waals surface area (Å²) in [6, 6.07) is 16.5. The third-order valence-electron chi connectivity index (χ3n) is 5.53. The molecule has 2 saturated heterocycles. The second kappa shape index (κ2) is 7.17. The predicted molar refractivity (Wildman–Crippen MR) is 95.6 cm³/mol. The van der Waals surface area contributed by atoms with E-state index in [-0.39, 0.29) is 17.7 Å². The van der Waals surface area contributed by atoms with Crippen molar-refractivity contribution >= 4 is 0 Å². The van der Waals surface area contributed by atoms with Gasteiger partial charge in [0.25, 0.3) is 0 Å². The molecule has 2 aromatic rings. The molecule has 0 aliphatic carbocycles. The average Bonchev–Trinajstić information content (AvgIpc) is 3.06. The Kier molecular flexibility index (Phi) is 4.86. The second-order valence-electron chi connectivity index (χ2n) is 7.26. The van der Waals surface area contributed by atoms with E-state index in [1.807, 2.05) is 18.2 Å². The molecule has 0 saturated carbocycles. The molecule has 0 radical (unpaired) electrons. The van der Waals surface area contributed by atoms with Crippen LogP contribution >= 0.6 is 0 Å². The van der Waals surface area contributed by atoms with E-state index in [0.29, 0.717) is 18.6 Å². The van der Waals surface area contributed by atoms with E-state index < -0.39 is 12.0 Å². The van der Waals surface area contributed by atoms with Crippen LogP contribution < -0.4 is 10.1 Å². The molecule has 27 heavy (non-hydrogen) atoms. The zero-order valence-corrected chi connectivity index (χ0v) is 14.8. The van der Waals surface area contributed by atoms with E-state index in [1.54, 1.807) is 18.2 Å². The molecular formula is C21H22F3NO2. The first-order chi connectivity index (χ1) is 13.0.